The summed E-state index contributed by atoms with van der Waals surface area (Å²) in [7, 11) is 0. The molecule has 0 spiro atoms. The van der Waals surface area contributed by atoms with Crippen molar-refractivity contribution in [1.82, 2.24) is 15.8 Å². The first-order chi connectivity index (χ1) is 12.5. The number of nitrogens with zero attached hydrogens (tertiary/aromatic N) is 1. The molecule has 1 atom stereocenters. The van der Waals surface area contributed by atoms with E-state index in [-0.39, 0.29) is 24.2 Å². The Hall–Kier alpha value is -2.63. The van der Waals surface area contributed by atoms with Gasteiger partial charge in [0.25, 0.3) is 5.91 Å². The van der Waals surface area contributed by atoms with Gasteiger partial charge in [-0.05, 0) is 37.8 Å². The highest BCUT2D eigenvalue weighted by atomic mass is 16.5. The van der Waals surface area contributed by atoms with Gasteiger partial charge >= 0.3 is 0 Å². The van der Waals surface area contributed by atoms with E-state index in [4.69, 9.17) is 4.52 Å². The minimum absolute atomic E-state index is 0.0856. The fourth-order valence-electron chi connectivity index (χ4n) is 2.71. The van der Waals surface area contributed by atoms with Gasteiger partial charge in [0.2, 0.25) is 5.91 Å². The zero-order chi connectivity index (χ0) is 18.5. The summed E-state index contributed by atoms with van der Waals surface area (Å²) in [5, 5.41) is 9.74. The standard InChI is InChI=1S/C20H25N3O3/c1-13-4-3-5-16(8-13)20(25)22-12-14(2)11-21-19(24)10-17-9-18(26-23-17)15-6-7-15/h3-5,8-9,14-15H,6-7,10-12H2,1-2H3,(H,21,24)(H,22,25). The van der Waals surface area contributed by atoms with Crippen LogP contribution in [-0.4, -0.2) is 30.1 Å². The molecule has 1 unspecified atom stereocenters. The Kier molecular flexibility index (Phi) is 5.71. The van der Waals surface area contributed by atoms with E-state index in [2.05, 4.69) is 15.8 Å². The summed E-state index contributed by atoms with van der Waals surface area (Å²) < 4.78 is 5.25. The maximum atomic E-state index is 12.1. The van der Waals surface area contributed by atoms with Crippen molar-refractivity contribution in [2.75, 3.05) is 13.1 Å². The van der Waals surface area contributed by atoms with Gasteiger partial charge in [0, 0.05) is 30.6 Å². The number of hydrogen-bond donors (Lipinski definition) is 2. The van der Waals surface area contributed by atoms with Crippen LogP contribution >= 0.6 is 0 Å². The van der Waals surface area contributed by atoms with Gasteiger partial charge in [0.05, 0.1) is 12.1 Å². The zero-order valence-electron chi connectivity index (χ0n) is 15.2. The van der Waals surface area contributed by atoms with Gasteiger partial charge in [-0.1, -0.05) is 29.8 Å². The average Bonchev–Trinajstić information content (AvgIpc) is 3.37. The van der Waals surface area contributed by atoms with Gasteiger partial charge in [-0.2, -0.15) is 0 Å². The molecule has 6 heteroatoms. The van der Waals surface area contributed by atoms with Crippen LogP contribution in [0.2, 0.25) is 0 Å². The predicted molar refractivity (Wildman–Crippen MR) is 97.9 cm³/mol. The Morgan fingerprint density at radius 2 is 2.00 bits per heavy atom. The third-order valence-electron chi connectivity index (χ3n) is 4.44. The second-order valence-electron chi connectivity index (χ2n) is 7.16. The number of rotatable bonds is 8. The Bertz CT molecular complexity index is 780. The molecule has 0 saturated heterocycles. The number of carbonyl (C=O) groups is 2. The number of benzene rings is 1. The second-order valence-corrected chi connectivity index (χ2v) is 7.16. The molecule has 138 valence electrons. The molecule has 1 aromatic carbocycles. The molecule has 1 heterocycles. The molecule has 1 aliphatic rings. The van der Waals surface area contributed by atoms with Crippen molar-refractivity contribution in [2.45, 2.75) is 39.0 Å². The van der Waals surface area contributed by atoms with Gasteiger partial charge in [0.1, 0.15) is 5.76 Å². The molecule has 1 fully saturated rings. The fourth-order valence-corrected chi connectivity index (χ4v) is 2.71. The summed E-state index contributed by atoms with van der Waals surface area (Å²) >= 11 is 0. The van der Waals surface area contributed by atoms with E-state index in [0.717, 1.165) is 24.2 Å². The van der Waals surface area contributed by atoms with Crippen LogP contribution in [0.5, 0.6) is 0 Å². The summed E-state index contributed by atoms with van der Waals surface area (Å²) in [6.07, 6.45) is 2.51. The summed E-state index contributed by atoms with van der Waals surface area (Å²) in [5.41, 5.74) is 2.37. The van der Waals surface area contributed by atoms with Crippen molar-refractivity contribution in [2.24, 2.45) is 5.92 Å². The lowest BCUT2D eigenvalue weighted by molar-refractivity contribution is -0.120. The molecule has 0 bridgehead atoms. The zero-order valence-corrected chi connectivity index (χ0v) is 15.2. The minimum Gasteiger partial charge on any atom is -0.361 e. The van der Waals surface area contributed by atoms with Crippen molar-refractivity contribution < 1.29 is 14.1 Å². The number of aromatic nitrogens is 1. The van der Waals surface area contributed by atoms with Gasteiger partial charge in [-0.3, -0.25) is 9.59 Å². The lowest BCUT2D eigenvalue weighted by Gasteiger charge is -2.13. The Balaban J connectivity index is 1.36. The van der Waals surface area contributed by atoms with E-state index >= 15 is 0 Å². The lowest BCUT2D eigenvalue weighted by Crippen LogP contribution is -2.36. The number of aryl methyl sites for hydroxylation is 1. The quantitative estimate of drug-likeness (QED) is 0.762. The molecule has 3 rings (SSSR count). The van der Waals surface area contributed by atoms with Crippen molar-refractivity contribution >= 4 is 11.8 Å². The third kappa shape index (κ3) is 5.18. The first-order valence-corrected chi connectivity index (χ1v) is 9.08. The van der Waals surface area contributed by atoms with Crippen LogP contribution in [0, 0.1) is 12.8 Å². The molecule has 1 saturated carbocycles. The van der Waals surface area contributed by atoms with Gasteiger partial charge in [0.15, 0.2) is 0 Å². The molecule has 6 nitrogen and oxygen atoms in total. The van der Waals surface area contributed by atoms with Gasteiger partial charge in [-0.15, -0.1) is 0 Å². The van der Waals surface area contributed by atoms with Gasteiger partial charge in [-0.25, -0.2) is 0 Å². The smallest absolute Gasteiger partial charge is 0.251 e. The van der Waals surface area contributed by atoms with Crippen molar-refractivity contribution in [1.29, 1.82) is 0 Å². The van der Waals surface area contributed by atoms with E-state index in [1.165, 1.54) is 0 Å². The second kappa shape index (κ2) is 8.17. The highest BCUT2D eigenvalue weighted by molar-refractivity contribution is 5.94. The monoisotopic (exact) mass is 355 g/mol. The van der Waals surface area contributed by atoms with Crippen LogP contribution in [0.25, 0.3) is 0 Å². The van der Waals surface area contributed by atoms with Crippen molar-refractivity contribution in [3.05, 3.63) is 52.9 Å². The molecular weight excluding hydrogens is 330 g/mol. The van der Waals surface area contributed by atoms with E-state index in [0.29, 0.717) is 30.3 Å². The van der Waals surface area contributed by atoms with E-state index in [9.17, 15) is 9.59 Å². The Morgan fingerprint density at radius 1 is 1.23 bits per heavy atom. The van der Waals surface area contributed by atoms with Gasteiger partial charge < -0.3 is 15.2 Å². The van der Waals surface area contributed by atoms with Crippen LogP contribution in [0.15, 0.2) is 34.9 Å². The average molecular weight is 355 g/mol. The van der Waals surface area contributed by atoms with Crippen LogP contribution in [-0.2, 0) is 11.2 Å². The molecule has 0 aliphatic heterocycles. The van der Waals surface area contributed by atoms with Crippen molar-refractivity contribution in [3.8, 4) is 0 Å². The Labute approximate surface area is 153 Å². The largest absolute Gasteiger partial charge is 0.361 e. The highest BCUT2D eigenvalue weighted by Crippen LogP contribution is 2.40. The summed E-state index contributed by atoms with van der Waals surface area (Å²) in [5.74, 6) is 1.34. The molecule has 1 aliphatic carbocycles. The normalized spacial score (nSPS) is 14.7. The first kappa shape index (κ1) is 18.2. The number of nitrogens with one attached hydrogen (secondary N) is 2. The number of carbonyl (C=O) groups excluding carboxylic acids is 2. The molecule has 2 aromatic rings. The topological polar surface area (TPSA) is 84.2 Å². The van der Waals surface area contributed by atoms with Crippen LogP contribution in [0.3, 0.4) is 0 Å². The maximum Gasteiger partial charge on any atom is 0.251 e. The molecule has 2 amide bonds. The molecular formula is C20H25N3O3. The third-order valence-corrected chi connectivity index (χ3v) is 4.44. The number of amides is 2. The summed E-state index contributed by atoms with van der Waals surface area (Å²) in [6, 6.07) is 9.35. The SMILES string of the molecule is Cc1cccc(C(=O)NCC(C)CNC(=O)Cc2cc(C3CC3)on2)c1. The predicted octanol–water partition coefficient (Wildman–Crippen LogP) is 2.59. The van der Waals surface area contributed by atoms with E-state index in [1.54, 1.807) is 6.07 Å². The highest BCUT2D eigenvalue weighted by Gasteiger charge is 2.28. The summed E-state index contributed by atoms with van der Waals surface area (Å²) in [4.78, 5) is 24.2. The van der Waals surface area contributed by atoms with Crippen LogP contribution < -0.4 is 10.6 Å². The maximum absolute atomic E-state index is 12.1. The molecule has 26 heavy (non-hydrogen) atoms. The number of hydrogen-bond acceptors (Lipinski definition) is 4. The van der Waals surface area contributed by atoms with E-state index < -0.39 is 0 Å². The van der Waals surface area contributed by atoms with E-state index in [1.807, 2.05) is 38.1 Å². The molecule has 0 radical (unpaired) electrons. The van der Waals surface area contributed by atoms with Crippen LogP contribution in [0.4, 0.5) is 0 Å². The molecule has 2 N–H and O–H groups in total. The lowest BCUT2D eigenvalue weighted by atomic mass is 10.1. The first-order valence-electron chi connectivity index (χ1n) is 9.08. The van der Waals surface area contributed by atoms with Crippen molar-refractivity contribution in [3.63, 3.8) is 0 Å². The fraction of sp³-hybridized carbons (Fsp3) is 0.450. The Morgan fingerprint density at radius 3 is 2.73 bits per heavy atom. The minimum atomic E-state index is -0.0953. The van der Waals surface area contributed by atoms with Crippen LogP contribution in [0.1, 0.15) is 53.1 Å². The molecule has 1 aromatic heterocycles. The summed E-state index contributed by atoms with van der Waals surface area (Å²) in [6.45, 7) is 4.94.